The number of rotatable bonds is 4. The minimum Gasteiger partial charge on any atom is -0.497 e. The van der Waals surface area contributed by atoms with Crippen LogP contribution in [0, 0.1) is 0 Å². The summed E-state index contributed by atoms with van der Waals surface area (Å²) in [5.41, 5.74) is 1.33. The number of para-hydroxylation sites is 1. The smallest absolute Gasteiger partial charge is 0.219 e. The SMILES string of the molecule is COc1ccc(C(=O)CN2CCC3(CC2)CN(C(C)=O)Cc2ccccc2O3)cc1. The first kappa shape index (κ1) is 20.4. The van der Waals surface area contributed by atoms with Gasteiger partial charge in [0.2, 0.25) is 5.91 Å². The van der Waals surface area contributed by atoms with Crippen LogP contribution in [0.25, 0.3) is 0 Å². The van der Waals surface area contributed by atoms with Crippen molar-refractivity contribution in [2.24, 2.45) is 0 Å². The Labute approximate surface area is 177 Å². The number of amides is 1. The van der Waals surface area contributed by atoms with Gasteiger partial charge >= 0.3 is 0 Å². The van der Waals surface area contributed by atoms with Gasteiger partial charge in [-0.05, 0) is 30.3 Å². The Morgan fingerprint density at radius 3 is 2.43 bits per heavy atom. The standard InChI is InChI=1S/C24H28N2O4/c1-18(27)26-15-20-5-3-4-6-23(20)30-24(17-26)11-13-25(14-12-24)16-22(28)19-7-9-21(29-2)10-8-19/h3-10H,11-17H2,1-2H3. The van der Waals surface area contributed by atoms with Gasteiger partial charge < -0.3 is 14.4 Å². The van der Waals surface area contributed by atoms with Crippen molar-refractivity contribution in [1.29, 1.82) is 0 Å². The number of ketones is 1. The predicted octanol–water partition coefficient (Wildman–Crippen LogP) is 3.15. The van der Waals surface area contributed by atoms with Crippen LogP contribution in [-0.2, 0) is 11.3 Å². The van der Waals surface area contributed by atoms with E-state index in [0.29, 0.717) is 25.2 Å². The predicted molar refractivity (Wildman–Crippen MR) is 114 cm³/mol. The lowest BCUT2D eigenvalue weighted by molar-refractivity contribution is -0.132. The van der Waals surface area contributed by atoms with E-state index in [-0.39, 0.29) is 11.7 Å². The average molecular weight is 408 g/mol. The van der Waals surface area contributed by atoms with Crippen LogP contribution < -0.4 is 9.47 Å². The van der Waals surface area contributed by atoms with E-state index in [9.17, 15) is 9.59 Å². The number of hydrogen-bond acceptors (Lipinski definition) is 5. The third kappa shape index (κ3) is 4.33. The maximum Gasteiger partial charge on any atom is 0.219 e. The summed E-state index contributed by atoms with van der Waals surface area (Å²) in [6.07, 6.45) is 1.56. The highest BCUT2D eigenvalue weighted by Crippen LogP contribution is 2.35. The van der Waals surface area contributed by atoms with E-state index in [1.54, 1.807) is 14.0 Å². The van der Waals surface area contributed by atoms with E-state index in [4.69, 9.17) is 9.47 Å². The maximum absolute atomic E-state index is 12.7. The van der Waals surface area contributed by atoms with Crippen LogP contribution in [-0.4, -0.2) is 60.4 Å². The molecule has 0 aliphatic carbocycles. The number of hydrogen-bond donors (Lipinski definition) is 0. The topological polar surface area (TPSA) is 59.1 Å². The Morgan fingerprint density at radius 1 is 1.07 bits per heavy atom. The Morgan fingerprint density at radius 2 is 1.77 bits per heavy atom. The summed E-state index contributed by atoms with van der Waals surface area (Å²) in [5.74, 6) is 1.77. The van der Waals surface area contributed by atoms with Crippen LogP contribution >= 0.6 is 0 Å². The number of carbonyl (C=O) groups excluding carboxylic acids is 2. The fraction of sp³-hybridized carbons (Fsp3) is 0.417. The molecule has 2 aromatic rings. The molecule has 2 aliphatic rings. The Bertz CT molecular complexity index is 917. The molecule has 1 spiro atoms. The second-order valence-electron chi connectivity index (χ2n) is 8.20. The van der Waals surface area contributed by atoms with Crippen molar-refractivity contribution >= 4 is 11.7 Å². The van der Waals surface area contributed by atoms with Gasteiger partial charge in [0.25, 0.3) is 0 Å². The van der Waals surface area contributed by atoms with Crippen molar-refractivity contribution in [3.8, 4) is 11.5 Å². The van der Waals surface area contributed by atoms with Crippen LogP contribution in [0.1, 0.15) is 35.7 Å². The minimum atomic E-state index is -0.405. The summed E-state index contributed by atoms with van der Waals surface area (Å²) in [5, 5.41) is 0. The van der Waals surface area contributed by atoms with E-state index >= 15 is 0 Å². The summed E-state index contributed by atoms with van der Waals surface area (Å²) in [7, 11) is 1.61. The first-order valence-corrected chi connectivity index (χ1v) is 10.4. The molecule has 0 N–H and O–H groups in total. The third-order valence-electron chi connectivity index (χ3n) is 6.13. The Balaban J connectivity index is 1.43. The van der Waals surface area contributed by atoms with Crippen LogP contribution in [0.5, 0.6) is 11.5 Å². The van der Waals surface area contributed by atoms with E-state index in [1.165, 1.54) is 0 Å². The molecule has 1 amide bonds. The molecule has 0 radical (unpaired) electrons. The van der Waals surface area contributed by atoms with Crippen molar-refractivity contribution in [3.63, 3.8) is 0 Å². The lowest BCUT2D eigenvalue weighted by Gasteiger charge is -2.42. The summed E-state index contributed by atoms with van der Waals surface area (Å²) in [6, 6.07) is 15.2. The minimum absolute atomic E-state index is 0.0618. The van der Waals surface area contributed by atoms with Gasteiger partial charge in [-0.1, -0.05) is 18.2 Å². The number of likely N-dealkylation sites (tertiary alicyclic amines) is 1. The molecule has 30 heavy (non-hydrogen) atoms. The van der Waals surface area contributed by atoms with Gasteiger partial charge in [0.15, 0.2) is 5.78 Å². The van der Waals surface area contributed by atoms with Crippen molar-refractivity contribution < 1.29 is 19.1 Å². The molecule has 0 saturated carbocycles. The summed E-state index contributed by atoms with van der Waals surface area (Å²) in [6.45, 7) is 4.68. The largest absolute Gasteiger partial charge is 0.497 e. The zero-order valence-corrected chi connectivity index (χ0v) is 17.6. The lowest BCUT2D eigenvalue weighted by atomic mass is 9.90. The highest BCUT2D eigenvalue weighted by molar-refractivity contribution is 5.97. The maximum atomic E-state index is 12.7. The van der Waals surface area contributed by atoms with Crippen molar-refractivity contribution in [1.82, 2.24) is 9.80 Å². The zero-order chi connectivity index (χ0) is 21.1. The molecule has 2 aliphatic heterocycles. The molecular weight excluding hydrogens is 380 g/mol. The molecule has 4 rings (SSSR count). The van der Waals surface area contributed by atoms with Gasteiger partial charge in [-0.25, -0.2) is 0 Å². The molecule has 0 unspecified atom stereocenters. The molecule has 1 saturated heterocycles. The van der Waals surface area contributed by atoms with E-state index in [2.05, 4.69) is 4.90 Å². The Kier molecular flexibility index (Phi) is 5.77. The number of ether oxygens (including phenoxy) is 2. The second-order valence-corrected chi connectivity index (χ2v) is 8.20. The van der Waals surface area contributed by atoms with Crippen LogP contribution in [0.4, 0.5) is 0 Å². The second kappa shape index (κ2) is 8.48. The van der Waals surface area contributed by atoms with Gasteiger partial charge in [-0.3, -0.25) is 14.5 Å². The van der Waals surface area contributed by atoms with E-state index in [0.717, 1.165) is 43.0 Å². The lowest BCUT2D eigenvalue weighted by Crippen LogP contribution is -2.54. The molecule has 158 valence electrons. The number of fused-ring (bicyclic) bond motifs is 1. The molecule has 0 atom stereocenters. The van der Waals surface area contributed by atoms with Crippen molar-refractivity contribution in [2.75, 3.05) is 33.3 Å². The zero-order valence-electron chi connectivity index (χ0n) is 17.6. The summed E-state index contributed by atoms with van der Waals surface area (Å²) in [4.78, 5) is 28.9. The van der Waals surface area contributed by atoms with Crippen molar-refractivity contribution in [3.05, 3.63) is 59.7 Å². The third-order valence-corrected chi connectivity index (χ3v) is 6.13. The molecule has 6 heteroatoms. The highest BCUT2D eigenvalue weighted by Gasteiger charge is 2.41. The van der Waals surface area contributed by atoms with Gasteiger partial charge in [-0.2, -0.15) is 0 Å². The molecule has 2 heterocycles. The number of benzene rings is 2. The summed E-state index contributed by atoms with van der Waals surface area (Å²) >= 11 is 0. The first-order chi connectivity index (χ1) is 14.5. The molecule has 0 bridgehead atoms. The highest BCUT2D eigenvalue weighted by atomic mass is 16.5. The van der Waals surface area contributed by atoms with E-state index in [1.807, 2.05) is 53.4 Å². The number of methoxy groups -OCH3 is 1. The molecule has 1 fully saturated rings. The number of Topliss-reactive ketones (excluding diaryl/α,β-unsaturated/α-hetero) is 1. The molecule has 2 aromatic carbocycles. The van der Waals surface area contributed by atoms with Crippen LogP contribution in [0.3, 0.4) is 0 Å². The monoisotopic (exact) mass is 408 g/mol. The van der Waals surface area contributed by atoms with Crippen LogP contribution in [0.2, 0.25) is 0 Å². The van der Waals surface area contributed by atoms with Gasteiger partial charge in [0.1, 0.15) is 17.1 Å². The quantitative estimate of drug-likeness (QED) is 0.728. The van der Waals surface area contributed by atoms with Crippen molar-refractivity contribution in [2.45, 2.75) is 31.9 Å². The van der Waals surface area contributed by atoms with Gasteiger partial charge in [0.05, 0.1) is 20.2 Å². The molecular formula is C24H28N2O4. The fourth-order valence-electron chi connectivity index (χ4n) is 4.28. The number of piperidine rings is 1. The van der Waals surface area contributed by atoms with E-state index < -0.39 is 5.60 Å². The molecule has 0 aromatic heterocycles. The Hall–Kier alpha value is -2.86. The normalized spacial score (nSPS) is 18.3. The summed E-state index contributed by atoms with van der Waals surface area (Å²) < 4.78 is 11.7. The average Bonchev–Trinajstić information content (AvgIpc) is 2.92. The van der Waals surface area contributed by atoms with Crippen LogP contribution in [0.15, 0.2) is 48.5 Å². The fourth-order valence-corrected chi connectivity index (χ4v) is 4.28. The van der Waals surface area contributed by atoms with Gasteiger partial charge in [-0.15, -0.1) is 0 Å². The first-order valence-electron chi connectivity index (χ1n) is 10.4. The number of nitrogens with zero attached hydrogens (tertiary/aromatic N) is 2. The molecule has 6 nitrogen and oxygen atoms in total. The number of carbonyl (C=O) groups is 2. The van der Waals surface area contributed by atoms with Gasteiger partial charge in [0, 0.05) is 50.5 Å².